The quantitative estimate of drug-likeness (QED) is 0.306. The first-order chi connectivity index (χ1) is 18.6. The number of ether oxygens (including phenoxy) is 3. The van der Waals surface area contributed by atoms with Crippen LogP contribution < -0.4 is 15.0 Å². The lowest BCUT2D eigenvalue weighted by molar-refractivity contribution is 0.0593. The molecule has 10 nitrogen and oxygen atoms in total. The van der Waals surface area contributed by atoms with Crippen molar-refractivity contribution in [3.8, 4) is 34.2 Å². The highest BCUT2D eigenvalue weighted by Gasteiger charge is 2.31. The largest absolute Gasteiger partial charge is 0.494 e. The first kappa shape index (κ1) is 27.7. The van der Waals surface area contributed by atoms with E-state index >= 15 is 0 Å². The number of rotatable bonds is 9. The van der Waals surface area contributed by atoms with Gasteiger partial charge in [0.05, 0.1) is 25.2 Å². The van der Waals surface area contributed by atoms with E-state index < -0.39 is 32.1 Å². The van der Waals surface area contributed by atoms with Crippen LogP contribution in [0.2, 0.25) is 0 Å². The molecule has 0 fully saturated rings. The highest BCUT2D eigenvalue weighted by Crippen LogP contribution is 2.34. The van der Waals surface area contributed by atoms with Crippen LogP contribution in [0.15, 0.2) is 75.4 Å². The third kappa shape index (κ3) is 5.47. The molecule has 2 aromatic heterocycles. The highest BCUT2D eigenvalue weighted by atomic mass is 32.2. The van der Waals surface area contributed by atoms with Gasteiger partial charge in [-0.1, -0.05) is 18.2 Å². The van der Waals surface area contributed by atoms with Crippen LogP contribution in [0.1, 0.15) is 19.7 Å². The number of halogens is 1. The third-order valence-electron chi connectivity index (χ3n) is 5.76. The molecule has 0 spiro atoms. The molecule has 0 aliphatic carbocycles. The van der Waals surface area contributed by atoms with E-state index in [9.17, 15) is 22.7 Å². The Balaban J connectivity index is 1.92. The maximum Gasteiger partial charge on any atom is 0.281 e. The Morgan fingerprint density at radius 1 is 0.974 bits per heavy atom. The van der Waals surface area contributed by atoms with Crippen molar-refractivity contribution in [2.75, 3.05) is 14.2 Å². The van der Waals surface area contributed by atoms with Gasteiger partial charge in [-0.05, 0) is 55.8 Å². The van der Waals surface area contributed by atoms with Gasteiger partial charge in [0, 0.05) is 11.8 Å². The summed E-state index contributed by atoms with van der Waals surface area (Å²) < 4.78 is 58.0. The van der Waals surface area contributed by atoms with E-state index in [1.165, 1.54) is 56.8 Å². The van der Waals surface area contributed by atoms with Gasteiger partial charge in [-0.15, -0.1) is 0 Å². The van der Waals surface area contributed by atoms with Gasteiger partial charge in [0.2, 0.25) is 21.7 Å². The minimum absolute atomic E-state index is 0.0629. The summed E-state index contributed by atoms with van der Waals surface area (Å²) in [6.45, 7) is 3.33. The normalized spacial score (nSPS) is 11.5. The van der Waals surface area contributed by atoms with Gasteiger partial charge in [-0.3, -0.25) is 9.36 Å². The lowest BCUT2D eigenvalue weighted by Crippen LogP contribution is -2.30. The molecule has 2 aromatic carbocycles. The molecule has 0 atom stereocenters. The van der Waals surface area contributed by atoms with Crippen molar-refractivity contribution in [3.05, 3.63) is 82.9 Å². The minimum Gasteiger partial charge on any atom is -0.494 e. The zero-order chi connectivity index (χ0) is 28.3. The van der Waals surface area contributed by atoms with Crippen molar-refractivity contribution in [1.29, 1.82) is 0 Å². The molecule has 0 saturated carbocycles. The third-order valence-corrected chi connectivity index (χ3v) is 7.55. The molecule has 39 heavy (non-hydrogen) atoms. The summed E-state index contributed by atoms with van der Waals surface area (Å²) in [5.41, 5.74) is 0.156. The lowest BCUT2D eigenvalue weighted by Gasteiger charge is -2.20. The molecule has 0 unspecified atom stereocenters. The zero-order valence-electron chi connectivity index (χ0n) is 21.6. The number of para-hydroxylation sites is 1. The van der Waals surface area contributed by atoms with Crippen molar-refractivity contribution < 1.29 is 32.1 Å². The molecular weight excluding hydrogens is 529 g/mol. The molecule has 12 heteroatoms. The van der Waals surface area contributed by atoms with Gasteiger partial charge in [0.25, 0.3) is 5.56 Å². The SMILES string of the molecule is COc1cccc(OC)c1-n1c(COC(C)C)nc(O)c(S(=O)(=O)c2ccc(-c3ccc(F)nc3)cc2)c1=O. The maximum absolute atomic E-state index is 13.9. The summed E-state index contributed by atoms with van der Waals surface area (Å²) in [5.74, 6) is -1.27. The Labute approximate surface area is 224 Å². The molecule has 0 bridgehead atoms. The Morgan fingerprint density at radius 2 is 1.59 bits per heavy atom. The molecular formula is C27H26FN3O7S. The van der Waals surface area contributed by atoms with Crippen LogP contribution in [0.3, 0.4) is 0 Å². The van der Waals surface area contributed by atoms with E-state index in [-0.39, 0.29) is 40.6 Å². The second-order valence-corrected chi connectivity index (χ2v) is 10.5. The molecule has 2 heterocycles. The van der Waals surface area contributed by atoms with Crippen LogP contribution in [-0.2, 0) is 21.2 Å². The number of hydrogen-bond acceptors (Lipinski definition) is 9. The number of hydrogen-bond donors (Lipinski definition) is 1. The number of nitrogens with zero attached hydrogens (tertiary/aromatic N) is 3. The first-order valence-corrected chi connectivity index (χ1v) is 13.2. The maximum atomic E-state index is 13.9. The van der Waals surface area contributed by atoms with E-state index in [2.05, 4.69) is 9.97 Å². The van der Waals surface area contributed by atoms with E-state index in [1.807, 2.05) is 0 Å². The molecule has 4 rings (SSSR count). The van der Waals surface area contributed by atoms with E-state index in [4.69, 9.17) is 14.2 Å². The summed E-state index contributed by atoms with van der Waals surface area (Å²) in [5, 5.41) is 10.8. The Kier molecular flexibility index (Phi) is 7.98. The summed E-state index contributed by atoms with van der Waals surface area (Å²) >= 11 is 0. The standard InChI is InChI=1S/C27H26FN3O7S/c1-16(2)38-15-23-30-26(32)25(27(33)31(23)24-20(36-3)6-5-7-21(24)37-4)39(34,35)19-11-8-17(9-12-19)18-10-13-22(28)29-14-18/h5-14,16,32H,15H2,1-4H3. The van der Waals surface area contributed by atoms with Gasteiger partial charge < -0.3 is 19.3 Å². The van der Waals surface area contributed by atoms with Crippen molar-refractivity contribution in [3.63, 3.8) is 0 Å². The number of sulfone groups is 1. The van der Waals surface area contributed by atoms with Gasteiger partial charge >= 0.3 is 0 Å². The molecule has 0 amide bonds. The van der Waals surface area contributed by atoms with Crippen LogP contribution in [-0.4, -0.2) is 48.4 Å². The average Bonchev–Trinajstić information content (AvgIpc) is 2.91. The summed E-state index contributed by atoms with van der Waals surface area (Å²) in [4.78, 5) is 20.4. The van der Waals surface area contributed by atoms with Crippen LogP contribution in [0.5, 0.6) is 17.4 Å². The number of pyridine rings is 1. The van der Waals surface area contributed by atoms with Crippen LogP contribution in [0.4, 0.5) is 4.39 Å². The first-order valence-electron chi connectivity index (χ1n) is 11.7. The van der Waals surface area contributed by atoms with Crippen LogP contribution >= 0.6 is 0 Å². The predicted octanol–water partition coefficient (Wildman–Crippen LogP) is 3.91. The van der Waals surface area contributed by atoms with Gasteiger partial charge in [-0.2, -0.15) is 9.37 Å². The van der Waals surface area contributed by atoms with Crippen molar-refractivity contribution >= 4 is 9.84 Å². The van der Waals surface area contributed by atoms with Crippen LogP contribution in [0.25, 0.3) is 16.8 Å². The van der Waals surface area contributed by atoms with Gasteiger partial charge in [0.15, 0.2) is 4.90 Å². The van der Waals surface area contributed by atoms with E-state index in [0.29, 0.717) is 11.1 Å². The number of aromatic hydroxyl groups is 1. The Morgan fingerprint density at radius 3 is 2.13 bits per heavy atom. The fourth-order valence-electron chi connectivity index (χ4n) is 3.88. The molecule has 0 saturated heterocycles. The average molecular weight is 556 g/mol. The van der Waals surface area contributed by atoms with Crippen LogP contribution in [0, 0.1) is 5.95 Å². The molecule has 4 aromatic rings. The lowest BCUT2D eigenvalue weighted by atomic mass is 10.1. The molecule has 204 valence electrons. The van der Waals surface area contributed by atoms with Crippen molar-refractivity contribution in [2.45, 2.75) is 36.3 Å². The molecule has 0 aliphatic rings. The van der Waals surface area contributed by atoms with Gasteiger partial charge in [-0.25, -0.2) is 13.4 Å². The second kappa shape index (κ2) is 11.2. The number of aromatic nitrogens is 3. The monoisotopic (exact) mass is 555 g/mol. The topological polar surface area (TPSA) is 130 Å². The fourth-order valence-corrected chi connectivity index (χ4v) is 5.22. The molecule has 0 aliphatic heterocycles. The smallest absolute Gasteiger partial charge is 0.281 e. The predicted molar refractivity (Wildman–Crippen MR) is 140 cm³/mol. The van der Waals surface area contributed by atoms with Gasteiger partial charge in [0.1, 0.15) is 29.6 Å². The molecule has 0 radical (unpaired) electrons. The summed E-state index contributed by atoms with van der Waals surface area (Å²) in [7, 11) is -1.80. The minimum atomic E-state index is -4.57. The van der Waals surface area contributed by atoms with Crippen molar-refractivity contribution in [2.24, 2.45) is 0 Å². The number of benzene rings is 2. The Hall–Kier alpha value is -4.29. The number of methoxy groups -OCH3 is 2. The highest BCUT2D eigenvalue weighted by molar-refractivity contribution is 7.91. The summed E-state index contributed by atoms with van der Waals surface area (Å²) in [6, 6.07) is 13.0. The molecule has 1 N–H and O–H groups in total. The van der Waals surface area contributed by atoms with E-state index in [0.717, 1.165) is 4.57 Å². The Bertz CT molecular complexity index is 1630. The summed E-state index contributed by atoms with van der Waals surface area (Å²) in [6.07, 6.45) is 1.06. The van der Waals surface area contributed by atoms with Crippen molar-refractivity contribution in [1.82, 2.24) is 14.5 Å². The zero-order valence-corrected chi connectivity index (χ0v) is 22.4. The fraction of sp³-hybridized carbons (Fsp3) is 0.222. The van der Waals surface area contributed by atoms with E-state index in [1.54, 1.807) is 32.0 Å². The second-order valence-electron chi connectivity index (χ2n) is 8.59.